The van der Waals surface area contributed by atoms with Crippen LogP contribution in [-0.4, -0.2) is 26.1 Å². The standard InChI is InChI=1S/C20H15N3O6S/c1-11-16(19(25)22-20(26)17(11)10-21)9-14-5-8-18(29-14)13-3-6-15(7-4-13)30(27,28)23-12(2)24/h3-9H,1-2H3,(H,23,24)(H,22,25,26)/b16-9-. The minimum absolute atomic E-state index is 0.0799. The predicted octanol–water partition coefficient (Wildman–Crippen LogP) is 1.65. The van der Waals surface area contributed by atoms with Crippen molar-refractivity contribution in [1.82, 2.24) is 10.0 Å². The predicted molar refractivity (Wildman–Crippen MR) is 105 cm³/mol. The third kappa shape index (κ3) is 4.06. The molecule has 3 rings (SSSR count). The Bertz CT molecular complexity index is 1270. The Labute approximate surface area is 171 Å². The normalized spacial score (nSPS) is 15.7. The van der Waals surface area contributed by atoms with Gasteiger partial charge in [0.15, 0.2) is 0 Å². The van der Waals surface area contributed by atoms with Crippen LogP contribution in [0.3, 0.4) is 0 Å². The summed E-state index contributed by atoms with van der Waals surface area (Å²) in [5.41, 5.74) is 0.791. The zero-order valence-corrected chi connectivity index (χ0v) is 16.7. The van der Waals surface area contributed by atoms with Crippen LogP contribution in [0.1, 0.15) is 19.6 Å². The van der Waals surface area contributed by atoms with Crippen molar-refractivity contribution in [1.29, 1.82) is 5.26 Å². The van der Waals surface area contributed by atoms with Gasteiger partial charge in [-0.15, -0.1) is 0 Å². The summed E-state index contributed by atoms with van der Waals surface area (Å²) in [6, 6.07) is 10.7. The van der Waals surface area contributed by atoms with Crippen LogP contribution in [0.25, 0.3) is 17.4 Å². The third-order valence-electron chi connectivity index (χ3n) is 4.23. The van der Waals surface area contributed by atoms with Crippen molar-refractivity contribution in [2.75, 3.05) is 0 Å². The van der Waals surface area contributed by atoms with Crippen molar-refractivity contribution in [3.63, 3.8) is 0 Å². The summed E-state index contributed by atoms with van der Waals surface area (Å²) in [4.78, 5) is 34.7. The van der Waals surface area contributed by atoms with E-state index in [1.165, 1.54) is 37.3 Å². The van der Waals surface area contributed by atoms with E-state index in [0.717, 1.165) is 6.92 Å². The number of furan rings is 1. The molecule has 0 atom stereocenters. The molecule has 30 heavy (non-hydrogen) atoms. The van der Waals surface area contributed by atoms with E-state index in [1.807, 2.05) is 4.72 Å². The SMILES string of the molecule is CC(=O)NS(=O)(=O)c1ccc(-c2ccc(/C=C3\C(=O)NC(=O)C(C#N)=C3C)o2)cc1. The van der Waals surface area contributed by atoms with E-state index in [0.29, 0.717) is 17.1 Å². The second-order valence-electron chi connectivity index (χ2n) is 6.34. The number of carbonyl (C=O) groups is 3. The number of nitriles is 1. The Balaban J connectivity index is 1.90. The molecule has 1 aromatic carbocycles. The first-order valence-electron chi connectivity index (χ1n) is 8.55. The van der Waals surface area contributed by atoms with Gasteiger partial charge in [-0.2, -0.15) is 5.26 Å². The average Bonchev–Trinajstić information content (AvgIpc) is 3.13. The molecule has 3 amide bonds. The van der Waals surface area contributed by atoms with Gasteiger partial charge < -0.3 is 4.42 Å². The van der Waals surface area contributed by atoms with Gasteiger partial charge in [0.2, 0.25) is 5.91 Å². The number of hydrogen-bond acceptors (Lipinski definition) is 7. The molecule has 0 aliphatic carbocycles. The highest BCUT2D eigenvalue weighted by atomic mass is 32.2. The number of carbonyl (C=O) groups excluding carboxylic acids is 3. The lowest BCUT2D eigenvalue weighted by Gasteiger charge is -2.15. The summed E-state index contributed by atoms with van der Waals surface area (Å²) >= 11 is 0. The molecule has 0 saturated carbocycles. The molecule has 2 aromatic rings. The third-order valence-corrected chi connectivity index (χ3v) is 5.68. The van der Waals surface area contributed by atoms with E-state index in [4.69, 9.17) is 9.68 Å². The number of hydrogen-bond donors (Lipinski definition) is 2. The van der Waals surface area contributed by atoms with Gasteiger partial charge in [0.1, 0.15) is 23.2 Å². The van der Waals surface area contributed by atoms with Gasteiger partial charge in [-0.05, 0) is 55.0 Å². The number of sulfonamides is 1. The summed E-state index contributed by atoms with van der Waals surface area (Å²) in [6.07, 6.45) is 1.41. The van der Waals surface area contributed by atoms with E-state index in [-0.39, 0.29) is 21.6 Å². The minimum Gasteiger partial charge on any atom is -0.457 e. The first kappa shape index (κ1) is 20.8. The molecule has 0 fully saturated rings. The highest BCUT2D eigenvalue weighted by Crippen LogP contribution is 2.27. The number of nitrogens with zero attached hydrogens (tertiary/aromatic N) is 1. The lowest BCUT2D eigenvalue weighted by atomic mass is 9.96. The lowest BCUT2D eigenvalue weighted by Crippen LogP contribution is -2.37. The summed E-state index contributed by atoms with van der Waals surface area (Å²) in [5.74, 6) is -1.37. The number of imide groups is 1. The number of benzene rings is 1. The molecule has 1 aliphatic rings. The van der Waals surface area contributed by atoms with Crippen LogP contribution in [-0.2, 0) is 24.4 Å². The van der Waals surface area contributed by atoms with Gasteiger partial charge in [0.25, 0.3) is 21.8 Å². The molecule has 0 radical (unpaired) electrons. The van der Waals surface area contributed by atoms with Crippen molar-refractivity contribution >= 4 is 33.8 Å². The highest BCUT2D eigenvalue weighted by Gasteiger charge is 2.27. The van der Waals surface area contributed by atoms with Gasteiger partial charge in [0.05, 0.1) is 4.90 Å². The highest BCUT2D eigenvalue weighted by molar-refractivity contribution is 7.90. The largest absolute Gasteiger partial charge is 0.457 e. The molecule has 9 nitrogen and oxygen atoms in total. The zero-order valence-electron chi connectivity index (χ0n) is 15.8. The topological polar surface area (TPSA) is 146 Å². The summed E-state index contributed by atoms with van der Waals surface area (Å²) < 4.78 is 31.6. The van der Waals surface area contributed by atoms with Crippen LogP contribution in [0.15, 0.2) is 62.4 Å². The fourth-order valence-corrected chi connectivity index (χ4v) is 3.78. The second-order valence-corrected chi connectivity index (χ2v) is 8.02. The van der Waals surface area contributed by atoms with Crippen LogP contribution in [0.5, 0.6) is 0 Å². The van der Waals surface area contributed by atoms with E-state index >= 15 is 0 Å². The molecule has 152 valence electrons. The van der Waals surface area contributed by atoms with Gasteiger partial charge >= 0.3 is 0 Å². The van der Waals surface area contributed by atoms with Crippen LogP contribution >= 0.6 is 0 Å². The Morgan fingerprint density at radius 1 is 1.13 bits per heavy atom. The van der Waals surface area contributed by atoms with E-state index in [9.17, 15) is 22.8 Å². The number of nitrogens with one attached hydrogen (secondary N) is 2. The van der Waals surface area contributed by atoms with Crippen LogP contribution in [0.4, 0.5) is 0 Å². The molecule has 2 heterocycles. The lowest BCUT2D eigenvalue weighted by molar-refractivity contribution is -0.126. The maximum absolute atomic E-state index is 12.1. The smallest absolute Gasteiger partial charge is 0.269 e. The van der Waals surface area contributed by atoms with Crippen molar-refractivity contribution in [2.45, 2.75) is 18.7 Å². The molecule has 0 saturated heterocycles. The van der Waals surface area contributed by atoms with Crippen molar-refractivity contribution in [3.05, 3.63) is 58.9 Å². The second kappa shape index (κ2) is 7.81. The molecule has 0 unspecified atom stereocenters. The van der Waals surface area contributed by atoms with E-state index in [1.54, 1.807) is 18.2 Å². The molecule has 2 N–H and O–H groups in total. The van der Waals surface area contributed by atoms with Crippen molar-refractivity contribution in [3.8, 4) is 17.4 Å². The molecule has 1 aliphatic heterocycles. The van der Waals surface area contributed by atoms with Gasteiger partial charge in [-0.1, -0.05) is 0 Å². The Hall–Kier alpha value is -3.97. The van der Waals surface area contributed by atoms with Crippen molar-refractivity contribution in [2.24, 2.45) is 0 Å². The first-order valence-corrected chi connectivity index (χ1v) is 10.0. The minimum atomic E-state index is -3.94. The van der Waals surface area contributed by atoms with Crippen LogP contribution < -0.4 is 10.0 Å². The first-order chi connectivity index (χ1) is 14.1. The van der Waals surface area contributed by atoms with Gasteiger partial charge in [-0.25, -0.2) is 13.1 Å². The zero-order chi connectivity index (χ0) is 22.1. The fourth-order valence-electron chi connectivity index (χ4n) is 2.79. The average molecular weight is 425 g/mol. The van der Waals surface area contributed by atoms with Crippen molar-refractivity contribution < 1.29 is 27.2 Å². The van der Waals surface area contributed by atoms with E-state index in [2.05, 4.69) is 5.32 Å². The quantitative estimate of drug-likeness (QED) is 0.559. The Kier molecular flexibility index (Phi) is 5.40. The van der Waals surface area contributed by atoms with Crippen LogP contribution in [0, 0.1) is 11.3 Å². The maximum Gasteiger partial charge on any atom is 0.269 e. The molecule has 0 spiro atoms. The molecule has 10 heteroatoms. The number of rotatable bonds is 4. The van der Waals surface area contributed by atoms with Crippen LogP contribution in [0.2, 0.25) is 0 Å². The molecular formula is C20H15N3O6S. The fraction of sp³-hybridized carbons (Fsp3) is 0.100. The summed E-state index contributed by atoms with van der Waals surface area (Å²) in [7, 11) is -3.94. The molecule has 0 bridgehead atoms. The Morgan fingerprint density at radius 2 is 1.80 bits per heavy atom. The van der Waals surface area contributed by atoms with Gasteiger partial charge in [0, 0.05) is 18.1 Å². The molecular weight excluding hydrogens is 410 g/mol. The summed E-state index contributed by atoms with van der Waals surface area (Å²) in [5, 5.41) is 11.2. The maximum atomic E-state index is 12.1. The van der Waals surface area contributed by atoms with E-state index < -0.39 is 27.7 Å². The monoisotopic (exact) mass is 425 g/mol. The summed E-state index contributed by atoms with van der Waals surface area (Å²) in [6.45, 7) is 2.60. The molecule has 1 aromatic heterocycles. The Morgan fingerprint density at radius 3 is 2.40 bits per heavy atom. The number of amides is 3. The van der Waals surface area contributed by atoms with Gasteiger partial charge in [-0.3, -0.25) is 19.7 Å².